The van der Waals surface area contributed by atoms with Crippen molar-refractivity contribution in [1.29, 1.82) is 0 Å². The summed E-state index contributed by atoms with van der Waals surface area (Å²) in [6, 6.07) is 5.63. The summed E-state index contributed by atoms with van der Waals surface area (Å²) >= 11 is 1.43. The van der Waals surface area contributed by atoms with E-state index in [0.717, 1.165) is 23.5 Å². The highest BCUT2D eigenvalue weighted by Crippen LogP contribution is 2.45. The molecule has 0 amide bonds. The fourth-order valence-electron chi connectivity index (χ4n) is 3.42. The van der Waals surface area contributed by atoms with Crippen molar-refractivity contribution < 1.29 is 19.3 Å². The van der Waals surface area contributed by atoms with E-state index in [1.807, 2.05) is 25.1 Å². The molecule has 9 heteroatoms. The molecule has 0 saturated carbocycles. The summed E-state index contributed by atoms with van der Waals surface area (Å²) in [5.41, 5.74) is 0.943. The average Bonchev–Trinajstić information content (AvgIpc) is 3.28. The molecule has 27 heavy (non-hydrogen) atoms. The second-order valence-corrected chi connectivity index (χ2v) is 7.12. The molecule has 0 aliphatic carbocycles. The van der Waals surface area contributed by atoms with E-state index in [1.54, 1.807) is 7.11 Å². The number of para-hydroxylation sites is 1. The van der Waals surface area contributed by atoms with Gasteiger partial charge in [-0.3, -0.25) is 4.90 Å². The SMILES string of the molecule is CCOc1c(OC)cccc1C(c1sc2ncnn2c1O)N1CCOCC1. The van der Waals surface area contributed by atoms with Crippen molar-refractivity contribution in [3.05, 3.63) is 35.0 Å². The van der Waals surface area contributed by atoms with E-state index in [2.05, 4.69) is 15.0 Å². The Balaban J connectivity index is 1.88. The molecule has 4 rings (SSSR count). The number of morpholine rings is 1. The number of hydrogen-bond acceptors (Lipinski definition) is 8. The highest BCUT2D eigenvalue weighted by atomic mass is 32.1. The Kier molecular flexibility index (Phi) is 5.15. The van der Waals surface area contributed by atoms with Gasteiger partial charge in [-0.05, 0) is 13.0 Å². The number of rotatable bonds is 6. The first-order valence-corrected chi connectivity index (χ1v) is 9.69. The molecule has 8 nitrogen and oxygen atoms in total. The van der Waals surface area contributed by atoms with Gasteiger partial charge in [-0.25, -0.2) is 4.98 Å². The summed E-state index contributed by atoms with van der Waals surface area (Å²) in [5, 5.41) is 14.9. The van der Waals surface area contributed by atoms with E-state index in [4.69, 9.17) is 14.2 Å². The lowest BCUT2D eigenvalue weighted by Crippen LogP contribution is -2.39. The first-order chi connectivity index (χ1) is 13.2. The predicted molar refractivity (Wildman–Crippen MR) is 101 cm³/mol. The van der Waals surface area contributed by atoms with Crippen LogP contribution in [0.25, 0.3) is 4.96 Å². The van der Waals surface area contributed by atoms with Crippen molar-refractivity contribution >= 4 is 16.3 Å². The zero-order valence-electron chi connectivity index (χ0n) is 15.3. The molecule has 3 heterocycles. The minimum absolute atomic E-state index is 0.106. The maximum absolute atomic E-state index is 10.8. The van der Waals surface area contributed by atoms with Crippen molar-refractivity contribution in [3.63, 3.8) is 0 Å². The number of thiazole rings is 1. The number of fused-ring (bicyclic) bond motifs is 1. The molecule has 1 unspecified atom stereocenters. The molecule has 0 radical (unpaired) electrons. The minimum Gasteiger partial charge on any atom is -0.493 e. The average molecular weight is 390 g/mol. The van der Waals surface area contributed by atoms with E-state index in [0.29, 0.717) is 36.3 Å². The first-order valence-electron chi connectivity index (χ1n) is 8.87. The van der Waals surface area contributed by atoms with Crippen LogP contribution in [-0.2, 0) is 4.74 Å². The van der Waals surface area contributed by atoms with Gasteiger partial charge in [0.15, 0.2) is 11.5 Å². The third-order valence-corrected chi connectivity index (χ3v) is 5.70. The van der Waals surface area contributed by atoms with Crippen molar-refractivity contribution in [2.24, 2.45) is 0 Å². The molecule has 2 aromatic heterocycles. The normalized spacial score (nSPS) is 16.5. The molecule has 1 atom stereocenters. The number of nitrogens with zero attached hydrogens (tertiary/aromatic N) is 4. The number of hydrogen-bond donors (Lipinski definition) is 1. The fourth-order valence-corrected chi connectivity index (χ4v) is 4.50. The summed E-state index contributed by atoms with van der Waals surface area (Å²) in [6.07, 6.45) is 1.44. The highest BCUT2D eigenvalue weighted by molar-refractivity contribution is 7.17. The summed E-state index contributed by atoms with van der Waals surface area (Å²) < 4.78 is 18.5. The topological polar surface area (TPSA) is 81.4 Å². The van der Waals surface area contributed by atoms with Crippen LogP contribution < -0.4 is 9.47 Å². The third kappa shape index (κ3) is 3.22. The van der Waals surface area contributed by atoms with E-state index in [9.17, 15) is 5.11 Å². The number of ether oxygens (including phenoxy) is 3. The Bertz CT molecular complexity index is 919. The monoisotopic (exact) mass is 390 g/mol. The van der Waals surface area contributed by atoms with Gasteiger partial charge in [0.1, 0.15) is 6.33 Å². The van der Waals surface area contributed by atoms with E-state index in [-0.39, 0.29) is 11.9 Å². The van der Waals surface area contributed by atoms with Gasteiger partial charge in [0.05, 0.1) is 37.8 Å². The predicted octanol–water partition coefficient (Wildman–Crippen LogP) is 2.33. The lowest BCUT2D eigenvalue weighted by atomic mass is 10.0. The lowest BCUT2D eigenvalue weighted by molar-refractivity contribution is 0.0236. The quantitative estimate of drug-likeness (QED) is 0.692. The van der Waals surface area contributed by atoms with Crippen LogP contribution in [0, 0.1) is 0 Å². The smallest absolute Gasteiger partial charge is 0.230 e. The maximum atomic E-state index is 10.8. The molecule has 1 aromatic carbocycles. The van der Waals surface area contributed by atoms with Crippen molar-refractivity contribution in [2.75, 3.05) is 40.0 Å². The second kappa shape index (κ2) is 7.71. The molecular weight excluding hydrogens is 368 g/mol. The molecule has 1 fully saturated rings. The van der Waals surface area contributed by atoms with Gasteiger partial charge in [-0.1, -0.05) is 23.5 Å². The minimum atomic E-state index is -0.209. The molecule has 0 spiro atoms. The molecule has 0 bridgehead atoms. The Morgan fingerprint density at radius 2 is 2.15 bits per heavy atom. The van der Waals surface area contributed by atoms with Gasteiger partial charge in [0.2, 0.25) is 10.8 Å². The molecule has 144 valence electrons. The van der Waals surface area contributed by atoms with Gasteiger partial charge >= 0.3 is 0 Å². The number of aromatic nitrogens is 3. The number of benzene rings is 1. The van der Waals surface area contributed by atoms with Gasteiger partial charge in [-0.15, -0.1) is 0 Å². The fraction of sp³-hybridized carbons (Fsp3) is 0.444. The summed E-state index contributed by atoms with van der Waals surface area (Å²) in [6.45, 7) is 5.25. The van der Waals surface area contributed by atoms with E-state index < -0.39 is 0 Å². The highest BCUT2D eigenvalue weighted by Gasteiger charge is 2.33. The largest absolute Gasteiger partial charge is 0.493 e. The maximum Gasteiger partial charge on any atom is 0.230 e. The van der Waals surface area contributed by atoms with Gasteiger partial charge in [0, 0.05) is 18.7 Å². The Hall–Kier alpha value is -2.36. The van der Waals surface area contributed by atoms with Crippen molar-refractivity contribution in [2.45, 2.75) is 13.0 Å². The van der Waals surface area contributed by atoms with Gasteiger partial charge in [-0.2, -0.15) is 9.61 Å². The van der Waals surface area contributed by atoms with Crippen LogP contribution in [0.15, 0.2) is 24.5 Å². The molecule has 1 N–H and O–H groups in total. The zero-order valence-corrected chi connectivity index (χ0v) is 16.1. The second-order valence-electron chi connectivity index (χ2n) is 6.11. The summed E-state index contributed by atoms with van der Waals surface area (Å²) in [7, 11) is 1.63. The Morgan fingerprint density at radius 3 is 2.85 bits per heavy atom. The van der Waals surface area contributed by atoms with Crippen LogP contribution in [0.2, 0.25) is 0 Å². The van der Waals surface area contributed by atoms with Crippen LogP contribution in [0.3, 0.4) is 0 Å². The van der Waals surface area contributed by atoms with Crippen LogP contribution in [0.5, 0.6) is 17.4 Å². The van der Waals surface area contributed by atoms with Gasteiger partial charge in [0.25, 0.3) is 0 Å². The Morgan fingerprint density at radius 1 is 1.33 bits per heavy atom. The van der Waals surface area contributed by atoms with Crippen LogP contribution in [0.4, 0.5) is 0 Å². The van der Waals surface area contributed by atoms with Gasteiger partial charge < -0.3 is 19.3 Å². The third-order valence-electron chi connectivity index (χ3n) is 4.61. The first kappa shape index (κ1) is 18.0. The summed E-state index contributed by atoms with van der Waals surface area (Å²) in [4.78, 5) is 7.94. The number of methoxy groups -OCH3 is 1. The van der Waals surface area contributed by atoms with Crippen molar-refractivity contribution in [3.8, 4) is 17.4 Å². The van der Waals surface area contributed by atoms with Crippen LogP contribution >= 0.6 is 11.3 Å². The van der Waals surface area contributed by atoms with E-state index >= 15 is 0 Å². The van der Waals surface area contributed by atoms with E-state index in [1.165, 1.54) is 22.2 Å². The molecule has 1 saturated heterocycles. The number of aromatic hydroxyl groups is 1. The zero-order chi connectivity index (χ0) is 18.8. The van der Waals surface area contributed by atoms with Crippen LogP contribution in [0.1, 0.15) is 23.4 Å². The molecular formula is C18H22N4O4S. The van der Waals surface area contributed by atoms with Crippen molar-refractivity contribution in [1.82, 2.24) is 19.5 Å². The molecule has 1 aliphatic heterocycles. The Labute approximate surface area is 160 Å². The lowest BCUT2D eigenvalue weighted by Gasteiger charge is -2.35. The standard InChI is InChI=1S/C18H22N4O4S/c1-3-26-15-12(5-4-6-13(15)24-2)14(21-7-9-25-10-8-21)16-17(23)22-18(27-16)19-11-20-22/h4-6,11,14,23H,3,7-10H2,1-2H3. The summed E-state index contributed by atoms with van der Waals surface area (Å²) in [5.74, 6) is 1.47. The van der Waals surface area contributed by atoms with Crippen LogP contribution in [-0.4, -0.2) is 64.6 Å². The molecule has 1 aliphatic rings. The molecule has 3 aromatic rings.